The second-order valence-electron chi connectivity index (χ2n) is 11.4. The third-order valence-electron chi connectivity index (χ3n) is 8.73. The van der Waals surface area contributed by atoms with Crippen molar-refractivity contribution in [3.63, 3.8) is 0 Å². The molecule has 0 unspecified atom stereocenters. The first kappa shape index (κ1) is 23.0. The van der Waals surface area contributed by atoms with Gasteiger partial charge in [0.15, 0.2) is 0 Å². The standard InChI is InChI=1S/C27H31F3N4O/c28-27(29,30)21-3-1-17(2-4-21)14-34-6-5-22-23(15-34)31-16-32-25(22)33-24(35)13-26-10-18-7-19(11-26)9-20(8-18)12-26/h1-4,16,18-20H,5-15H2,(H,31,32,33,35). The Hall–Kier alpha value is -2.48. The number of halogens is 3. The van der Waals surface area contributed by atoms with Crippen molar-refractivity contribution >= 4 is 11.7 Å². The molecule has 35 heavy (non-hydrogen) atoms. The van der Waals surface area contributed by atoms with Crippen LogP contribution in [0.1, 0.15) is 67.3 Å². The second-order valence-corrected chi connectivity index (χ2v) is 11.4. The minimum Gasteiger partial charge on any atom is -0.310 e. The lowest BCUT2D eigenvalue weighted by molar-refractivity contribution is -0.137. The average Bonchev–Trinajstić information content (AvgIpc) is 2.77. The number of hydrogen-bond acceptors (Lipinski definition) is 4. The molecule has 186 valence electrons. The van der Waals surface area contributed by atoms with Crippen LogP contribution in [0.5, 0.6) is 0 Å². The number of benzene rings is 1. The molecule has 0 spiro atoms. The number of fused-ring (bicyclic) bond motifs is 1. The Morgan fingerprint density at radius 1 is 1.03 bits per heavy atom. The van der Waals surface area contributed by atoms with E-state index in [1.165, 1.54) is 57.0 Å². The van der Waals surface area contributed by atoms with Crippen LogP contribution in [0.25, 0.3) is 0 Å². The second kappa shape index (κ2) is 8.57. The quantitative estimate of drug-likeness (QED) is 0.600. The highest BCUT2D eigenvalue weighted by Gasteiger charge is 2.51. The number of nitrogens with one attached hydrogen (secondary N) is 1. The first-order valence-electron chi connectivity index (χ1n) is 12.8. The van der Waals surface area contributed by atoms with Crippen molar-refractivity contribution in [1.82, 2.24) is 14.9 Å². The zero-order chi connectivity index (χ0) is 24.2. The van der Waals surface area contributed by atoms with E-state index in [1.807, 2.05) is 0 Å². The Labute approximate surface area is 203 Å². The third-order valence-corrected chi connectivity index (χ3v) is 8.73. The highest BCUT2D eigenvalue weighted by Crippen LogP contribution is 2.61. The molecule has 0 radical (unpaired) electrons. The van der Waals surface area contributed by atoms with Crippen molar-refractivity contribution in [2.75, 3.05) is 11.9 Å². The van der Waals surface area contributed by atoms with Crippen LogP contribution in [0.2, 0.25) is 0 Å². The Bertz CT molecular complexity index is 1080. The number of hydrogen-bond donors (Lipinski definition) is 1. The van der Waals surface area contributed by atoms with Crippen molar-refractivity contribution in [3.05, 3.63) is 53.0 Å². The van der Waals surface area contributed by atoms with E-state index < -0.39 is 11.7 Å². The number of anilines is 1. The van der Waals surface area contributed by atoms with E-state index in [2.05, 4.69) is 20.2 Å². The summed E-state index contributed by atoms with van der Waals surface area (Å²) in [6, 6.07) is 5.34. The maximum absolute atomic E-state index is 13.1. The fraction of sp³-hybridized carbons (Fsp3) is 0.593. The fourth-order valence-electron chi connectivity index (χ4n) is 7.73. The number of nitrogens with zero attached hydrogens (tertiary/aromatic N) is 3. The number of amides is 1. The van der Waals surface area contributed by atoms with E-state index in [-0.39, 0.29) is 11.3 Å². The molecule has 1 amide bonds. The molecule has 4 bridgehead atoms. The predicted octanol–water partition coefficient (Wildman–Crippen LogP) is 5.60. The van der Waals surface area contributed by atoms with Gasteiger partial charge in [-0.2, -0.15) is 13.2 Å². The average molecular weight is 485 g/mol. The van der Waals surface area contributed by atoms with Crippen LogP contribution in [0.3, 0.4) is 0 Å². The topological polar surface area (TPSA) is 58.1 Å². The van der Waals surface area contributed by atoms with E-state index in [0.717, 1.165) is 53.3 Å². The smallest absolute Gasteiger partial charge is 0.310 e. The van der Waals surface area contributed by atoms with E-state index >= 15 is 0 Å². The fourth-order valence-corrected chi connectivity index (χ4v) is 7.73. The highest BCUT2D eigenvalue weighted by atomic mass is 19.4. The van der Waals surface area contributed by atoms with Gasteiger partial charge in [-0.25, -0.2) is 9.97 Å². The minimum atomic E-state index is -4.32. The van der Waals surface area contributed by atoms with Crippen LogP contribution in [-0.4, -0.2) is 27.3 Å². The lowest BCUT2D eigenvalue weighted by atomic mass is 9.49. The SMILES string of the molecule is O=C(CC12CC3CC(CC(C3)C1)C2)Nc1ncnc2c1CCN(Cc1ccc(C(F)(F)F)cc1)C2. The van der Waals surface area contributed by atoms with Crippen LogP contribution < -0.4 is 5.32 Å². The molecule has 2 heterocycles. The van der Waals surface area contributed by atoms with Crippen LogP contribution in [0.15, 0.2) is 30.6 Å². The molecule has 4 aliphatic carbocycles. The summed E-state index contributed by atoms with van der Waals surface area (Å²) >= 11 is 0. The Balaban J connectivity index is 1.10. The number of rotatable bonds is 5. The van der Waals surface area contributed by atoms with Crippen molar-refractivity contribution in [2.45, 2.75) is 70.6 Å². The van der Waals surface area contributed by atoms with Gasteiger partial charge in [0, 0.05) is 31.6 Å². The molecule has 1 aromatic heterocycles. The van der Waals surface area contributed by atoms with Crippen molar-refractivity contribution in [1.29, 1.82) is 0 Å². The van der Waals surface area contributed by atoms with Gasteiger partial charge in [0.2, 0.25) is 5.91 Å². The molecule has 0 saturated heterocycles. The summed E-state index contributed by atoms with van der Waals surface area (Å²) in [5, 5.41) is 3.11. The van der Waals surface area contributed by atoms with Gasteiger partial charge in [-0.05, 0) is 85.8 Å². The number of carbonyl (C=O) groups is 1. The van der Waals surface area contributed by atoms with E-state index in [9.17, 15) is 18.0 Å². The van der Waals surface area contributed by atoms with Crippen LogP contribution in [-0.2, 0) is 30.5 Å². The summed E-state index contributed by atoms with van der Waals surface area (Å²) in [5.74, 6) is 3.14. The maximum Gasteiger partial charge on any atom is 0.416 e. The molecular formula is C27H31F3N4O. The van der Waals surface area contributed by atoms with E-state index in [1.54, 1.807) is 0 Å². The van der Waals surface area contributed by atoms with Crippen molar-refractivity contribution in [3.8, 4) is 0 Å². The van der Waals surface area contributed by atoms with Gasteiger partial charge < -0.3 is 5.32 Å². The lowest BCUT2D eigenvalue weighted by Crippen LogP contribution is -2.47. The zero-order valence-electron chi connectivity index (χ0n) is 19.8. The summed E-state index contributed by atoms with van der Waals surface area (Å²) in [6.45, 7) is 1.87. The van der Waals surface area contributed by atoms with Gasteiger partial charge in [-0.3, -0.25) is 9.69 Å². The Morgan fingerprint density at radius 2 is 1.69 bits per heavy atom. The molecular weight excluding hydrogens is 453 g/mol. The lowest BCUT2D eigenvalue weighted by Gasteiger charge is -2.56. The molecule has 5 nitrogen and oxygen atoms in total. The van der Waals surface area contributed by atoms with Gasteiger partial charge in [0.25, 0.3) is 0 Å². The summed E-state index contributed by atoms with van der Waals surface area (Å²) in [4.78, 5) is 24.1. The van der Waals surface area contributed by atoms with Gasteiger partial charge in [-0.1, -0.05) is 12.1 Å². The molecule has 4 fully saturated rings. The van der Waals surface area contributed by atoms with Gasteiger partial charge in [0.05, 0.1) is 11.3 Å². The largest absolute Gasteiger partial charge is 0.416 e. The first-order valence-corrected chi connectivity index (χ1v) is 12.8. The summed E-state index contributed by atoms with van der Waals surface area (Å²) in [5.41, 5.74) is 2.24. The molecule has 0 atom stereocenters. The molecule has 1 aromatic carbocycles. The molecule has 2 aromatic rings. The normalized spacial score (nSPS) is 29.7. The summed E-state index contributed by atoms with van der Waals surface area (Å²) < 4.78 is 38.5. The zero-order valence-corrected chi connectivity index (χ0v) is 19.8. The molecule has 4 saturated carbocycles. The monoisotopic (exact) mass is 484 g/mol. The van der Waals surface area contributed by atoms with Gasteiger partial charge in [0.1, 0.15) is 12.1 Å². The van der Waals surface area contributed by atoms with Crippen LogP contribution >= 0.6 is 0 Å². The van der Waals surface area contributed by atoms with Crippen molar-refractivity contribution < 1.29 is 18.0 Å². The molecule has 1 aliphatic heterocycles. The molecule has 7 rings (SSSR count). The Morgan fingerprint density at radius 3 is 2.31 bits per heavy atom. The van der Waals surface area contributed by atoms with Gasteiger partial charge >= 0.3 is 6.18 Å². The molecule has 8 heteroatoms. The third kappa shape index (κ3) is 4.69. The molecule has 1 N–H and O–H groups in total. The first-order chi connectivity index (χ1) is 16.7. The Kier molecular flexibility index (Phi) is 5.62. The predicted molar refractivity (Wildman–Crippen MR) is 125 cm³/mol. The van der Waals surface area contributed by atoms with Crippen molar-refractivity contribution in [2.24, 2.45) is 23.2 Å². The minimum absolute atomic E-state index is 0.0695. The van der Waals surface area contributed by atoms with Crippen LogP contribution in [0, 0.1) is 23.2 Å². The maximum atomic E-state index is 13.1. The van der Waals surface area contributed by atoms with Gasteiger partial charge in [-0.15, -0.1) is 0 Å². The number of carbonyl (C=O) groups excluding carboxylic acids is 1. The van der Waals surface area contributed by atoms with E-state index in [4.69, 9.17) is 0 Å². The van der Waals surface area contributed by atoms with Crippen LogP contribution in [0.4, 0.5) is 19.0 Å². The summed E-state index contributed by atoms with van der Waals surface area (Å²) in [7, 11) is 0. The number of aromatic nitrogens is 2. The summed E-state index contributed by atoms with van der Waals surface area (Å²) in [6.07, 6.45) is 6.17. The number of alkyl halides is 3. The highest BCUT2D eigenvalue weighted by molar-refractivity contribution is 5.91. The molecule has 5 aliphatic rings. The van der Waals surface area contributed by atoms with E-state index in [0.29, 0.717) is 31.7 Å².